The highest BCUT2D eigenvalue weighted by Gasteiger charge is 2.32. The Balaban J connectivity index is 1.97. The van der Waals surface area contributed by atoms with Crippen LogP contribution in [0.5, 0.6) is 0 Å². The van der Waals surface area contributed by atoms with Crippen LogP contribution in [0.3, 0.4) is 0 Å². The molecule has 24 heavy (non-hydrogen) atoms. The molecule has 2 heterocycles. The molecule has 0 fully saturated rings. The molecule has 0 radical (unpaired) electrons. The van der Waals surface area contributed by atoms with Crippen molar-refractivity contribution in [3.63, 3.8) is 0 Å². The number of carbonyl (C=O) groups is 1. The average molecular weight is 349 g/mol. The highest BCUT2D eigenvalue weighted by molar-refractivity contribution is 7.89. The predicted molar refractivity (Wildman–Crippen MR) is 87.2 cm³/mol. The van der Waals surface area contributed by atoms with E-state index in [0.29, 0.717) is 23.6 Å². The second-order valence-corrected chi connectivity index (χ2v) is 7.64. The molecule has 1 aromatic heterocycles. The molecule has 0 saturated carbocycles. The van der Waals surface area contributed by atoms with Crippen LogP contribution in [0, 0.1) is 0 Å². The summed E-state index contributed by atoms with van der Waals surface area (Å²) in [4.78, 5) is 11.6. The third kappa shape index (κ3) is 2.83. The Bertz CT molecular complexity index is 873. The minimum Gasteiger partial charge on any atom is -0.478 e. The van der Waals surface area contributed by atoms with Gasteiger partial charge in [-0.25, -0.2) is 13.2 Å². The predicted octanol–water partition coefficient (Wildman–Crippen LogP) is 1.74. The van der Waals surface area contributed by atoms with E-state index in [2.05, 4.69) is 5.10 Å². The summed E-state index contributed by atoms with van der Waals surface area (Å²) in [6, 6.07) is 6.98. The van der Waals surface area contributed by atoms with Crippen molar-refractivity contribution in [3.8, 4) is 0 Å². The molecule has 0 unspecified atom stereocenters. The lowest BCUT2D eigenvalue weighted by Crippen LogP contribution is -2.39. The van der Waals surface area contributed by atoms with Crippen LogP contribution in [0.25, 0.3) is 0 Å². The third-order valence-electron chi connectivity index (χ3n) is 4.18. The van der Waals surface area contributed by atoms with Gasteiger partial charge in [-0.3, -0.25) is 4.68 Å². The molecule has 0 spiro atoms. The third-order valence-corrected chi connectivity index (χ3v) is 6.12. The maximum absolute atomic E-state index is 13.0. The molecule has 0 bridgehead atoms. The van der Waals surface area contributed by atoms with Gasteiger partial charge >= 0.3 is 5.97 Å². The van der Waals surface area contributed by atoms with E-state index in [-0.39, 0.29) is 18.7 Å². The zero-order valence-electron chi connectivity index (χ0n) is 13.3. The summed E-state index contributed by atoms with van der Waals surface area (Å²) in [5.74, 6) is -1.10. The van der Waals surface area contributed by atoms with E-state index in [4.69, 9.17) is 0 Å². The molecule has 1 N–H and O–H groups in total. The summed E-state index contributed by atoms with van der Waals surface area (Å²) >= 11 is 0. The van der Waals surface area contributed by atoms with Crippen molar-refractivity contribution < 1.29 is 18.3 Å². The van der Waals surface area contributed by atoms with Crippen LogP contribution in [-0.2, 0) is 29.5 Å². The number of hydrogen-bond acceptors (Lipinski definition) is 4. The van der Waals surface area contributed by atoms with Crippen molar-refractivity contribution >= 4 is 16.0 Å². The molecule has 0 amide bonds. The SMILES string of the molecule is CCCc1ccccc1S(=O)(=O)N1CCn2ncc(C(=O)O)c2C1. The molecular formula is C16H19N3O4S. The summed E-state index contributed by atoms with van der Waals surface area (Å²) in [6.45, 7) is 2.64. The first-order valence-corrected chi connectivity index (χ1v) is 9.25. The minimum absolute atomic E-state index is 0.0183. The number of nitrogens with zero attached hydrogens (tertiary/aromatic N) is 3. The number of rotatable bonds is 5. The first kappa shape index (κ1) is 16.7. The van der Waals surface area contributed by atoms with Crippen molar-refractivity contribution in [1.29, 1.82) is 0 Å². The van der Waals surface area contributed by atoms with Crippen LogP contribution in [0.1, 0.15) is 35.0 Å². The summed E-state index contributed by atoms with van der Waals surface area (Å²) in [5.41, 5.74) is 1.26. The lowest BCUT2D eigenvalue weighted by Gasteiger charge is -2.28. The summed E-state index contributed by atoms with van der Waals surface area (Å²) in [6.07, 6.45) is 2.81. The summed E-state index contributed by atoms with van der Waals surface area (Å²) in [5, 5.41) is 13.3. The fourth-order valence-corrected chi connectivity index (χ4v) is 4.62. The first-order valence-electron chi connectivity index (χ1n) is 7.81. The van der Waals surface area contributed by atoms with Crippen LogP contribution < -0.4 is 0 Å². The smallest absolute Gasteiger partial charge is 0.339 e. The molecule has 128 valence electrons. The van der Waals surface area contributed by atoms with Crippen LogP contribution in [0.4, 0.5) is 0 Å². The van der Waals surface area contributed by atoms with Gasteiger partial charge in [0.15, 0.2) is 0 Å². The molecule has 3 rings (SSSR count). The van der Waals surface area contributed by atoms with Crippen LogP contribution >= 0.6 is 0 Å². The number of carboxylic acid groups (broad SMARTS) is 1. The van der Waals surface area contributed by atoms with Gasteiger partial charge in [0.25, 0.3) is 0 Å². The normalized spacial score (nSPS) is 15.2. The Kier molecular flexibility index (Phi) is 4.42. The first-order chi connectivity index (χ1) is 11.4. The number of aromatic nitrogens is 2. The molecule has 1 aliphatic heterocycles. The Morgan fingerprint density at radius 2 is 2.04 bits per heavy atom. The van der Waals surface area contributed by atoms with Gasteiger partial charge in [0.2, 0.25) is 10.0 Å². The fraction of sp³-hybridized carbons (Fsp3) is 0.375. The molecule has 0 saturated heterocycles. The van der Waals surface area contributed by atoms with Crippen LogP contribution in [0.2, 0.25) is 0 Å². The van der Waals surface area contributed by atoms with E-state index in [1.54, 1.807) is 16.8 Å². The Labute approximate surface area is 140 Å². The number of sulfonamides is 1. The topological polar surface area (TPSA) is 92.5 Å². The molecule has 0 aliphatic carbocycles. The van der Waals surface area contributed by atoms with E-state index in [9.17, 15) is 18.3 Å². The zero-order valence-corrected chi connectivity index (χ0v) is 14.2. The zero-order chi connectivity index (χ0) is 17.3. The standard InChI is InChI=1S/C16H19N3O4S/c1-2-5-12-6-3-4-7-15(12)24(22,23)18-8-9-19-14(11-18)13(10-17-19)16(20)21/h3-4,6-7,10H,2,5,8-9,11H2,1H3,(H,20,21). The van der Waals surface area contributed by atoms with Gasteiger partial charge in [0, 0.05) is 6.54 Å². The monoisotopic (exact) mass is 349 g/mol. The largest absolute Gasteiger partial charge is 0.478 e. The van der Waals surface area contributed by atoms with Gasteiger partial charge in [-0.2, -0.15) is 9.40 Å². The maximum Gasteiger partial charge on any atom is 0.339 e. The quantitative estimate of drug-likeness (QED) is 0.887. The van der Waals surface area contributed by atoms with Crippen molar-refractivity contribution in [2.75, 3.05) is 6.54 Å². The average Bonchev–Trinajstić information content (AvgIpc) is 2.99. The van der Waals surface area contributed by atoms with E-state index >= 15 is 0 Å². The van der Waals surface area contributed by atoms with E-state index in [1.807, 2.05) is 19.1 Å². The molecule has 0 atom stereocenters. The summed E-state index contributed by atoms with van der Waals surface area (Å²) in [7, 11) is -3.68. The van der Waals surface area contributed by atoms with Crippen molar-refractivity contribution in [1.82, 2.24) is 14.1 Å². The number of hydrogen-bond donors (Lipinski definition) is 1. The van der Waals surface area contributed by atoms with Crippen molar-refractivity contribution in [3.05, 3.63) is 47.3 Å². The number of carboxylic acids is 1. The number of benzene rings is 1. The highest BCUT2D eigenvalue weighted by atomic mass is 32.2. The molecule has 8 heteroatoms. The fourth-order valence-electron chi connectivity index (χ4n) is 2.98. The second kappa shape index (κ2) is 6.37. The van der Waals surface area contributed by atoms with Gasteiger partial charge in [-0.1, -0.05) is 31.5 Å². The molecule has 2 aromatic rings. The van der Waals surface area contributed by atoms with Crippen molar-refractivity contribution in [2.24, 2.45) is 0 Å². The van der Waals surface area contributed by atoms with Gasteiger partial charge in [-0.15, -0.1) is 0 Å². The lowest BCUT2D eigenvalue weighted by molar-refractivity contribution is 0.0694. The Morgan fingerprint density at radius 3 is 2.75 bits per heavy atom. The molecule has 1 aromatic carbocycles. The van der Waals surface area contributed by atoms with Crippen LogP contribution in [-0.4, -0.2) is 40.1 Å². The van der Waals surface area contributed by atoms with E-state index in [0.717, 1.165) is 12.0 Å². The van der Waals surface area contributed by atoms with Crippen LogP contribution in [0.15, 0.2) is 35.4 Å². The molecule has 7 nitrogen and oxygen atoms in total. The molecule has 1 aliphatic rings. The number of aryl methyl sites for hydroxylation is 1. The van der Waals surface area contributed by atoms with E-state index in [1.165, 1.54) is 10.5 Å². The van der Waals surface area contributed by atoms with Gasteiger partial charge < -0.3 is 5.11 Å². The number of aromatic carboxylic acids is 1. The number of fused-ring (bicyclic) bond motifs is 1. The van der Waals surface area contributed by atoms with Crippen molar-refractivity contribution in [2.45, 2.75) is 37.8 Å². The van der Waals surface area contributed by atoms with Gasteiger partial charge in [0.1, 0.15) is 5.56 Å². The van der Waals surface area contributed by atoms with Gasteiger partial charge in [-0.05, 0) is 18.1 Å². The maximum atomic E-state index is 13.0. The summed E-state index contributed by atoms with van der Waals surface area (Å²) < 4.78 is 29.0. The lowest BCUT2D eigenvalue weighted by atomic mass is 10.1. The Hall–Kier alpha value is -2.19. The second-order valence-electron chi connectivity index (χ2n) is 5.73. The molecular weight excluding hydrogens is 330 g/mol. The van der Waals surface area contributed by atoms with E-state index < -0.39 is 16.0 Å². The highest BCUT2D eigenvalue weighted by Crippen LogP contribution is 2.26. The Morgan fingerprint density at radius 1 is 1.29 bits per heavy atom. The van der Waals surface area contributed by atoms with Gasteiger partial charge in [0.05, 0.1) is 29.9 Å². The minimum atomic E-state index is -3.68.